The first kappa shape index (κ1) is 18.8. The highest BCUT2D eigenvalue weighted by Gasteiger charge is 2.41. The van der Waals surface area contributed by atoms with E-state index in [9.17, 15) is 14.7 Å². The van der Waals surface area contributed by atoms with Gasteiger partial charge in [0.15, 0.2) is 0 Å². The van der Waals surface area contributed by atoms with E-state index in [-0.39, 0.29) is 11.8 Å². The maximum atomic E-state index is 12.1. The molecule has 1 amide bonds. The van der Waals surface area contributed by atoms with E-state index in [0.717, 1.165) is 12.8 Å². The van der Waals surface area contributed by atoms with Crippen molar-refractivity contribution in [3.8, 4) is 0 Å². The lowest BCUT2D eigenvalue weighted by atomic mass is 9.66. The lowest BCUT2D eigenvalue weighted by molar-refractivity contribution is -0.139. The molecule has 0 spiro atoms. The van der Waals surface area contributed by atoms with Crippen LogP contribution in [0.1, 0.15) is 73.6 Å². The molecule has 0 bridgehead atoms. The van der Waals surface area contributed by atoms with Crippen LogP contribution < -0.4 is 5.32 Å². The molecule has 1 aliphatic carbocycles. The molecule has 0 atom stereocenters. The molecule has 5 heteroatoms. The molecule has 0 unspecified atom stereocenters. The van der Waals surface area contributed by atoms with Gasteiger partial charge in [0.25, 0.3) is 0 Å². The van der Waals surface area contributed by atoms with Crippen molar-refractivity contribution in [2.24, 2.45) is 11.3 Å². The molecule has 1 fully saturated rings. The number of hydrogen-bond donors (Lipinski definition) is 2. The van der Waals surface area contributed by atoms with Crippen molar-refractivity contribution in [1.29, 1.82) is 0 Å². The highest BCUT2D eigenvalue weighted by Crippen LogP contribution is 2.42. The molecule has 1 aliphatic rings. The number of carbonyl (C=O) groups is 2. The highest BCUT2D eigenvalue weighted by molar-refractivity contribution is 5.73. The smallest absolute Gasteiger partial charge is 0.408 e. The van der Waals surface area contributed by atoms with Gasteiger partial charge in [0.2, 0.25) is 0 Å². The van der Waals surface area contributed by atoms with Crippen LogP contribution >= 0.6 is 0 Å². The summed E-state index contributed by atoms with van der Waals surface area (Å²) >= 11 is 0. The van der Waals surface area contributed by atoms with E-state index in [1.54, 1.807) is 20.8 Å². The Morgan fingerprint density at radius 2 is 1.64 bits per heavy atom. The summed E-state index contributed by atoms with van der Waals surface area (Å²) in [5.74, 6) is -0.333. The third kappa shape index (κ3) is 5.85. The van der Waals surface area contributed by atoms with Crippen LogP contribution in [0.2, 0.25) is 0 Å². The molecule has 0 aromatic carbocycles. The van der Waals surface area contributed by atoms with Crippen LogP contribution in [0.4, 0.5) is 4.79 Å². The summed E-state index contributed by atoms with van der Waals surface area (Å²) < 4.78 is 5.30. The summed E-state index contributed by atoms with van der Waals surface area (Å²) in [5.41, 5.74) is -1.06. The second-order valence-electron chi connectivity index (χ2n) is 8.62. The van der Waals surface area contributed by atoms with Crippen molar-refractivity contribution in [3.63, 3.8) is 0 Å². The van der Waals surface area contributed by atoms with Crippen molar-refractivity contribution in [2.45, 2.75) is 84.8 Å². The van der Waals surface area contributed by atoms with Gasteiger partial charge in [-0.3, -0.25) is 4.79 Å². The van der Waals surface area contributed by atoms with E-state index >= 15 is 0 Å². The fourth-order valence-electron chi connectivity index (χ4n) is 3.19. The Morgan fingerprint density at radius 1 is 1.14 bits per heavy atom. The van der Waals surface area contributed by atoms with E-state index < -0.39 is 23.2 Å². The van der Waals surface area contributed by atoms with Crippen LogP contribution in [0.25, 0.3) is 0 Å². The van der Waals surface area contributed by atoms with Crippen molar-refractivity contribution in [3.05, 3.63) is 0 Å². The van der Waals surface area contributed by atoms with Gasteiger partial charge in [0.1, 0.15) is 5.60 Å². The minimum absolute atomic E-state index is 0.0525. The van der Waals surface area contributed by atoms with Gasteiger partial charge in [-0.25, -0.2) is 4.79 Å². The molecule has 0 heterocycles. The lowest BCUT2D eigenvalue weighted by Gasteiger charge is -2.43. The largest absolute Gasteiger partial charge is 0.481 e. The van der Waals surface area contributed by atoms with E-state index in [1.165, 1.54) is 0 Å². The molecule has 1 saturated carbocycles. The van der Waals surface area contributed by atoms with Gasteiger partial charge >= 0.3 is 12.1 Å². The fourth-order valence-corrected chi connectivity index (χ4v) is 3.19. The zero-order valence-electron chi connectivity index (χ0n) is 14.8. The maximum absolute atomic E-state index is 12.1. The monoisotopic (exact) mass is 313 g/mol. The summed E-state index contributed by atoms with van der Waals surface area (Å²) in [4.78, 5) is 23.3. The van der Waals surface area contributed by atoms with E-state index in [2.05, 4.69) is 26.1 Å². The molecule has 0 radical (unpaired) electrons. The summed E-state index contributed by atoms with van der Waals surface area (Å²) in [6, 6.07) is 0. The van der Waals surface area contributed by atoms with Gasteiger partial charge in [0.05, 0.1) is 12.0 Å². The minimum Gasteiger partial charge on any atom is -0.481 e. The number of carbonyl (C=O) groups excluding carboxylic acids is 1. The molecule has 5 nitrogen and oxygen atoms in total. The second kappa shape index (κ2) is 6.47. The number of aliphatic carboxylic acids is 1. The third-order valence-electron chi connectivity index (χ3n) is 4.42. The second-order valence-corrected chi connectivity index (χ2v) is 8.62. The van der Waals surface area contributed by atoms with Gasteiger partial charge in [-0.2, -0.15) is 0 Å². The first-order valence-electron chi connectivity index (χ1n) is 8.06. The normalized spacial score (nSPS) is 26.4. The van der Waals surface area contributed by atoms with Crippen LogP contribution in [0.5, 0.6) is 0 Å². The van der Waals surface area contributed by atoms with Crippen molar-refractivity contribution >= 4 is 12.1 Å². The zero-order valence-corrected chi connectivity index (χ0v) is 14.8. The number of ether oxygens (including phenoxy) is 1. The number of alkyl carbamates (subject to hydrolysis) is 1. The number of rotatable bonds is 3. The van der Waals surface area contributed by atoms with Gasteiger partial charge in [0, 0.05) is 0 Å². The molecule has 1 rings (SSSR count). The van der Waals surface area contributed by atoms with Gasteiger partial charge < -0.3 is 15.2 Å². The van der Waals surface area contributed by atoms with Crippen LogP contribution in [0.15, 0.2) is 0 Å². The predicted molar refractivity (Wildman–Crippen MR) is 85.8 cm³/mol. The van der Waals surface area contributed by atoms with Crippen molar-refractivity contribution < 1.29 is 19.4 Å². The minimum atomic E-state index is -0.884. The molecule has 0 aliphatic heterocycles. The molecule has 128 valence electrons. The SMILES string of the molecule is CC(C)(C)OC(=O)NC1(CC(=O)O)CCC(C(C)(C)C)CC1. The van der Waals surface area contributed by atoms with E-state index in [4.69, 9.17) is 4.74 Å². The van der Waals surface area contributed by atoms with E-state index in [1.807, 2.05) is 0 Å². The number of nitrogens with one attached hydrogen (secondary N) is 1. The fraction of sp³-hybridized carbons (Fsp3) is 0.882. The Labute approximate surface area is 133 Å². The van der Waals surface area contributed by atoms with Crippen molar-refractivity contribution in [2.75, 3.05) is 0 Å². The van der Waals surface area contributed by atoms with Crippen LogP contribution in [0.3, 0.4) is 0 Å². The molecule has 22 heavy (non-hydrogen) atoms. The Morgan fingerprint density at radius 3 is 2.00 bits per heavy atom. The van der Waals surface area contributed by atoms with Crippen LogP contribution in [-0.2, 0) is 9.53 Å². The third-order valence-corrected chi connectivity index (χ3v) is 4.42. The number of hydrogen-bond acceptors (Lipinski definition) is 3. The standard InChI is InChI=1S/C17H31NO4/c1-15(2,3)12-7-9-17(10-8-12,11-13(19)20)18-14(21)22-16(4,5)6/h12H,7-11H2,1-6H3,(H,18,21)(H,19,20). The zero-order chi connectivity index (χ0) is 17.2. The first-order chi connectivity index (χ1) is 9.83. The number of carboxylic acids is 1. The predicted octanol–water partition coefficient (Wildman–Crippen LogP) is 3.96. The average Bonchev–Trinajstić information content (AvgIpc) is 2.23. The molecule has 0 saturated heterocycles. The molecule has 0 aromatic rings. The molecular formula is C17H31NO4. The van der Waals surface area contributed by atoms with Crippen molar-refractivity contribution in [1.82, 2.24) is 5.32 Å². The van der Waals surface area contributed by atoms with Crippen LogP contribution in [-0.4, -0.2) is 28.3 Å². The summed E-state index contributed by atoms with van der Waals surface area (Å²) in [7, 11) is 0. The maximum Gasteiger partial charge on any atom is 0.408 e. The average molecular weight is 313 g/mol. The van der Waals surface area contributed by atoms with Crippen LogP contribution in [0, 0.1) is 11.3 Å². The highest BCUT2D eigenvalue weighted by atomic mass is 16.6. The molecular weight excluding hydrogens is 282 g/mol. The summed E-state index contributed by atoms with van der Waals surface area (Å²) in [6.07, 6.45) is 2.63. The van der Waals surface area contributed by atoms with E-state index in [0.29, 0.717) is 18.8 Å². The Bertz CT molecular complexity index is 409. The van der Waals surface area contributed by atoms with Gasteiger partial charge in [-0.05, 0) is 57.8 Å². The Hall–Kier alpha value is -1.26. The Balaban J connectivity index is 2.77. The first-order valence-corrected chi connectivity index (χ1v) is 8.06. The molecule has 2 N–H and O–H groups in total. The van der Waals surface area contributed by atoms with Gasteiger partial charge in [-0.1, -0.05) is 20.8 Å². The molecule has 0 aromatic heterocycles. The number of amides is 1. The summed E-state index contributed by atoms with van der Waals surface area (Å²) in [5, 5.41) is 12.1. The quantitative estimate of drug-likeness (QED) is 0.827. The number of carboxylic acid groups (broad SMARTS) is 1. The Kier molecular flexibility index (Phi) is 5.52. The topological polar surface area (TPSA) is 75.6 Å². The lowest BCUT2D eigenvalue weighted by Crippen LogP contribution is -2.53. The summed E-state index contributed by atoms with van der Waals surface area (Å²) in [6.45, 7) is 12.0. The van der Waals surface area contributed by atoms with Gasteiger partial charge in [-0.15, -0.1) is 0 Å².